The van der Waals surface area contributed by atoms with Gasteiger partial charge in [0.15, 0.2) is 0 Å². The second-order valence-electron chi connectivity index (χ2n) is 13.4. The number of amides is 1. The van der Waals surface area contributed by atoms with Crippen molar-refractivity contribution >= 4 is 15.9 Å². The third kappa shape index (κ3) is 8.49. The Balaban J connectivity index is 1.51. The number of fused-ring (bicyclic) bond motifs is 1. The summed E-state index contributed by atoms with van der Waals surface area (Å²) in [5.41, 5.74) is 4.97. The summed E-state index contributed by atoms with van der Waals surface area (Å²) >= 11 is 0. The molecule has 6 nitrogen and oxygen atoms in total. The minimum atomic E-state index is -3.96. The zero-order chi connectivity index (χ0) is 30.7. The van der Waals surface area contributed by atoms with Gasteiger partial charge in [0, 0.05) is 18.5 Å². The summed E-state index contributed by atoms with van der Waals surface area (Å²) in [6.45, 7) is 13.4. The van der Waals surface area contributed by atoms with Crippen LogP contribution < -0.4 is 15.4 Å². The average Bonchev–Trinajstić information content (AvgIpc) is 2.91. The molecule has 226 valence electrons. The van der Waals surface area contributed by atoms with Crippen LogP contribution in [-0.4, -0.2) is 19.9 Å². The molecular formula is C34H44FN3O3S. The van der Waals surface area contributed by atoms with Gasteiger partial charge in [-0.2, -0.15) is 0 Å². The summed E-state index contributed by atoms with van der Waals surface area (Å²) in [7, 11) is -3.96. The average molecular weight is 594 g/mol. The van der Waals surface area contributed by atoms with Crippen molar-refractivity contribution in [2.45, 2.75) is 102 Å². The Morgan fingerprint density at radius 1 is 0.952 bits per heavy atom. The van der Waals surface area contributed by atoms with Gasteiger partial charge >= 0.3 is 0 Å². The highest BCUT2D eigenvalue weighted by Crippen LogP contribution is 2.31. The van der Waals surface area contributed by atoms with Crippen LogP contribution in [0.25, 0.3) is 0 Å². The first-order valence-corrected chi connectivity index (χ1v) is 16.1. The fraction of sp³-hybridized carbons (Fsp3) is 0.441. The van der Waals surface area contributed by atoms with Crippen LogP contribution in [0, 0.1) is 5.82 Å². The maximum Gasteiger partial charge on any atom is 0.241 e. The van der Waals surface area contributed by atoms with Gasteiger partial charge in [-0.3, -0.25) is 4.79 Å². The molecule has 0 unspecified atom stereocenters. The molecule has 1 aliphatic carbocycles. The lowest BCUT2D eigenvalue weighted by Crippen LogP contribution is -2.36. The largest absolute Gasteiger partial charge is 0.349 e. The Labute approximate surface area is 250 Å². The van der Waals surface area contributed by atoms with Crippen molar-refractivity contribution in [2.75, 3.05) is 0 Å². The van der Waals surface area contributed by atoms with Gasteiger partial charge in [-0.05, 0) is 97.5 Å². The third-order valence-electron chi connectivity index (χ3n) is 7.67. The maximum atomic E-state index is 13.7. The Morgan fingerprint density at radius 2 is 1.62 bits per heavy atom. The van der Waals surface area contributed by atoms with E-state index in [0.29, 0.717) is 5.56 Å². The molecule has 0 spiro atoms. The molecule has 3 aromatic rings. The SMILES string of the molecule is CC(C)(C)NCc1ccc2c(c1)CCC[C@H]2NC(=O)C[C@@H](NS(=O)(=O)c1ccc(C(C)(C)C)cc1)c1ccc(F)cc1. The summed E-state index contributed by atoms with van der Waals surface area (Å²) in [4.78, 5) is 13.5. The van der Waals surface area contributed by atoms with Crippen LogP contribution >= 0.6 is 0 Å². The topological polar surface area (TPSA) is 87.3 Å². The van der Waals surface area contributed by atoms with E-state index in [2.05, 4.69) is 75.1 Å². The number of benzene rings is 3. The van der Waals surface area contributed by atoms with Crippen molar-refractivity contribution < 1.29 is 17.6 Å². The van der Waals surface area contributed by atoms with Gasteiger partial charge in [0.1, 0.15) is 5.82 Å². The number of nitrogens with one attached hydrogen (secondary N) is 3. The molecule has 2 atom stereocenters. The van der Waals surface area contributed by atoms with Crippen molar-refractivity contribution in [3.63, 3.8) is 0 Å². The number of aryl methyl sites for hydroxylation is 1. The monoisotopic (exact) mass is 593 g/mol. The van der Waals surface area contributed by atoms with Gasteiger partial charge < -0.3 is 10.6 Å². The van der Waals surface area contributed by atoms with E-state index in [1.807, 2.05) is 0 Å². The second kappa shape index (κ2) is 12.7. The maximum absolute atomic E-state index is 13.7. The van der Waals surface area contributed by atoms with E-state index in [9.17, 15) is 17.6 Å². The van der Waals surface area contributed by atoms with E-state index in [1.165, 1.54) is 35.4 Å². The minimum Gasteiger partial charge on any atom is -0.349 e. The molecule has 3 N–H and O–H groups in total. The van der Waals surface area contributed by atoms with E-state index in [1.54, 1.807) is 24.3 Å². The number of halogens is 1. The molecule has 0 fully saturated rings. The van der Waals surface area contributed by atoms with Crippen molar-refractivity contribution in [1.82, 2.24) is 15.4 Å². The van der Waals surface area contributed by atoms with E-state index >= 15 is 0 Å². The Morgan fingerprint density at radius 3 is 2.24 bits per heavy atom. The molecule has 42 heavy (non-hydrogen) atoms. The Kier molecular flexibility index (Phi) is 9.60. The zero-order valence-corrected chi connectivity index (χ0v) is 26.4. The van der Waals surface area contributed by atoms with Gasteiger partial charge in [-0.25, -0.2) is 17.5 Å². The first-order valence-electron chi connectivity index (χ1n) is 14.7. The van der Waals surface area contributed by atoms with Crippen molar-refractivity contribution in [1.29, 1.82) is 0 Å². The molecule has 0 aromatic heterocycles. The number of hydrogen-bond acceptors (Lipinski definition) is 4. The van der Waals surface area contributed by atoms with Crippen molar-refractivity contribution in [2.24, 2.45) is 0 Å². The fourth-order valence-electron chi connectivity index (χ4n) is 5.25. The van der Waals surface area contributed by atoms with E-state index < -0.39 is 21.9 Å². The highest BCUT2D eigenvalue weighted by molar-refractivity contribution is 7.89. The lowest BCUT2D eigenvalue weighted by atomic mass is 9.86. The van der Waals surface area contributed by atoms with Crippen LogP contribution in [0.4, 0.5) is 4.39 Å². The molecule has 1 amide bonds. The smallest absolute Gasteiger partial charge is 0.241 e. The third-order valence-corrected chi connectivity index (χ3v) is 9.16. The van der Waals surface area contributed by atoms with Gasteiger partial charge in [0.05, 0.1) is 17.0 Å². The standard InChI is InChI=1S/C34H44FN3O3S/c1-33(2,3)26-13-17-28(18-14-26)42(40,41)38-31(24-11-15-27(35)16-12-24)21-32(39)37-30-9-7-8-25-20-23(10-19-29(25)30)22-36-34(4,5)6/h10-20,30-31,36,38H,7-9,21-22H2,1-6H3,(H,37,39)/t30-,31-/m1/s1. The van der Waals surface area contributed by atoms with Crippen LogP contribution in [0.3, 0.4) is 0 Å². The van der Waals surface area contributed by atoms with Crippen LogP contribution in [0.15, 0.2) is 71.6 Å². The summed E-state index contributed by atoms with van der Waals surface area (Å²) < 4.78 is 43.2. The number of sulfonamides is 1. The van der Waals surface area contributed by atoms with E-state index in [-0.39, 0.29) is 34.2 Å². The molecule has 8 heteroatoms. The summed E-state index contributed by atoms with van der Waals surface area (Å²) in [6.07, 6.45) is 2.60. The predicted octanol–water partition coefficient (Wildman–Crippen LogP) is 6.61. The fourth-order valence-corrected chi connectivity index (χ4v) is 6.47. The van der Waals surface area contributed by atoms with Gasteiger partial charge in [-0.15, -0.1) is 0 Å². The minimum absolute atomic E-state index is 0.0187. The van der Waals surface area contributed by atoms with Gasteiger partial charge in [0.2, 0.25) is 15.9 Å². The molecule has 0 saturated heterocycles. The molecule has 0 aliphatic heterocycles. The summed E-state index contributed by atoms with van der Waals surface area (Å²) in [5.74, 6) is -0.704. The van der Waals surface area contributed by atoms with Crippen molar-refractivity contribution in [3.05, 3.63) is 100 Å². The lowest BCUT2D eigenvalue weighted by molar-refractivity contribution is -0.122. The Hall–Kier alpha value is -3.07. The second-order valence-corrected chi connectivity index (χ2v) is 15.1. The Bertz CT molecular complexity index is 1490. The molecule has 0 radical (unpaired) electrons. The lowest BCUT2D eigenvalue weighted by Gasteiger charge is -2.28. The first-order chi connectivity index (χ1) is 19.6. The molecular weight excluding hydrogens is 549 g/mol. The van der Waals surface area contributed by atoms with Crippen LogP contribution in [0.2, 0.25) is 0 Å². The molecule has 1 aliphatic rings. The normalized spacial score (nSPS) is 16.5. The number of hydrogen-bond donors (Lipinski definition) is 3. The van der Waals surface area contributed by atoms with E-state index in [0.717, 1.165) is 36.9 Å². The highest BCUT2D eigenvalue weighted by atomic mass is 32.2. The first kappa shape index (κ1) is 31.9. The quantitative estimate of drug-likeness (QED) is 0.260. The molecule has 0 saturated carbocycles. The highest BCUT2D eigenvalue weighted by Gasteiger charge is 2.27. The molecule has 0 bridgehead atoms. The summed E-state index contributed by atoms with van der Waals surface area (Å²) in [5, 5.41) is 6.67. The van der Waals surface area contributed by atoms with E-state index in [4.69, 9.17) is 0 Å². The predicted molar refractivity (Wildman–Crippen MR) is 166 cm³/mol. The number of rotatable bonds is 9. The van der Waals surface area contributed by atoms with Crippen molar-refractivity contribution in [3.8, 4) is 0 Å². The zero-order valence-electron chi connectivity index (χ0n) is 25.6. The van der Waals surface area contributed by atoms with Crippen LogP contribution in [0.1, 0.15) is 101 Å². The van der Waals surface area contributed by atoms with Gasteiger partial charge in [0.25, 0.3) is 0 Å². The van der Waals surface area contributed by atoms with Gasteiger partial charge in [-0.1, -0.05) is 63.2 Å². The number of carbonyl (C=O) groups is 1. The molecule has 4 rings (SSSR count). The molecule has 0 heterocycles. The molecule has 3 aromatic carbocycles. The number of carbonyl (C=O) groups excluding carboxylic acids is 1. The summed E-state index contributed by atoms with van der Waals surface area (Å²) in [6, 6.07) is 17.7. The van der Waals surface area contributed by atoms with Crippen LogP contribution in [-0.2, 0) is 33.2 Å². The van der Waals surface area contributed by atoms with Crippen LogP contribution in [0.5, 0.6) is 0 Å².